The van der Waals surface area contributed by atoms with Crippen LogP contribution < -0.4 is 5.32 Å². The highest BCUT2D eigenvalue weighted by Gasteiger charge is 2.34. The van der Waals surface area contributed by atoms with Crippen molar-refractivity contribution in [2.24, 2.45) is 0 Å². The fourth-order valence-electron chi connectivity index (χ4n) is 2.28. The first-order valence-electron chi connectivity index (χ1n) is 5.79. The summed E-state index contributed by atoms with van der Waals surface area (Å²) in [5.74, 6) is 0.102. The van der Waals surface area contributed by atoms with Crippen molar-refractivity contribution in [1.82, 2.24) is 5.32 Å². The summed E-state index contributed by atoms with van der Waals surface area (Å²) in [5, 5.41) is 4.04. The molecule has 0 amide bonds. The lowest BCUT2D eigenvalue weighted by Gasteiger charge is -2.29. The van der Waals surface area contributed by atoms with E-state index in [4.69, 9.17) is 23.2 Å². The summed E-state index contributed by atoms with van der Waals surface area (Å²) < 4.78 is 24.2. The molecule has 3 nitrogen and oxygen atoms in total. The summed E-state index contributed by atoms with van der Waals surface area (Å²) in [5.41, 5.74) is 0.615. The highest BCUT2D eigenvalue weighted by atomic mass is 35.5. The molecular weight excluding hydrogens is 293 g/mol. The number of nitrogens with one attached hydrogen (secondary N) is 1. The second kappa shape index (κ2) is 5.00. The lowest BCUT2D eigenvalue weighted by atomic mass is 10.0. The monoisotopic (exact) mass is 307 g/mol. The summed E-state index contributed by atoms with van der Waals surface area (Å²) >= 11 is 12.2. The maximum atomic E-state index is 12.1. The van der Waals surface area contributed by atoms with E-state index in [1.54, 1.807) is 6.07 Å². The largest absolute Gasteiger partial charge is 0.308 e. The zero-order valence-electron chi connectivity index (χ0n) is 10.2. The molecule has 100 valence electrons. The summed E-state index contributed by atoms with van der Waals surface area (Å²) in [6.07, 6.45) is 0.521. The average molecular weight is 308 g/mol. The van der Waals surface area contributed by atoms with Gasteiger partial charge >= 0.3 is 0 Å². The topological polar surface area (TPSA) is 46.2 Å². The summed E-state index contributed by atoms with van der Waals surface area (Å²) in [6, 6.07) is 3.38. The Balaban J connectivity index is 2.62. The minimum absolute atomic E-state index is 0.0604. The fourth-order valence-corrected chi connectivity index (χ4v) is 4.84. The Morgan fingerprint density at radius 3 is 2.50 bits per heavy atom. The predicted octanol–water partition coefficient (Wildman–Crippen LogP) is 3.21. The van der Waals surface area contributed by atoms with E-state index in [9.17, 15) is 8.42 Å². The number of benzene rings is 1. The second-order valence-electron chi connectivity index (χ2n) is 4.75. The van der Waals surface area contributed by atoms with Gasteiger partial charge in [-0.25, -0.2) is 8.42 Å². The van der Waals surface area contributed by atoms with Gasteiger partial charge in [0.2, 0.25) is 0 Å². The Kier molecular flexibility index (Phi) is 3.93. The third kappa shape index (κ3) is 2.52. The van der Waals surface area contributed by atoms with Crippen LogP contribution in [-0.2, 0) is 9.84 Å². The number of hydrogen-bond acceptors (Lipinski definition) is 3. The Hall–Kier alpha value is -0.290. The SMILES string of the molecule is CC(C)NC1CCS(=O)(=O)c2c(Cl)ccc(Cl)c21. The number of rotatable bonds is 2. The van der Waals surface area contributed by atoms with Crippen LogP contribution in [0.25, 0.3) is 0 Å². The second-order valence-corrected chi connectivity index (χ2v) is 7.61. The first-order chi connectivity index (χ1) is 8.33. The van der Waals surface area contributed by atoms with Gasteiger partial charge in [0.05, 0.1) is 15.7 Å². The summed E-state index contributed by atoms with van der Waals surface area (Å²) in [4.78, 5) is 0.195. The van der Waals surface area contributed by atoms with E-state index in [0.29, 0.717) is 17.0 Å². The van der Waals surface area contributed by atoms with Crippen molar-refractivity contribution in [2.75, 3.05) is 5.75 Å². The van der Waals surface area contributed by atoms with Gasteiger partial charge in [-0.1, -0.05) is 37.0 Å². The molecule has 0 bridgehead atoms. The molecule has 2 rings (SSSR count). The van der Waals surface area contributed by atoms with E-state index in [1.807, 2.05) is 13.8 Å². The molecule has 0 aromatic heterocycles. The lowest BCUT2D eigenvalue weighted by Crippen LogP contribution is -2.34. The first-order valence-corrected chi connectivity index (χ1v) is 8.20. The Morgan fingerprint density at radius 1 is 1.28 bits per heavy atom. The summed E-state index contributed by atoms with van der Waals surface area (Å²) in [7, 11) is -3.32. The normalized spacial score (nSPS) is 21.9. The van der Waals surface area contributed by atoms with Gasteiger partial charge in [-0.05, 0) is 18.6 Å². The van der Waals surface area contributed by atoms with Gasteiger partial charge in [-0.15, -0.1) is 0 Å². The third-order valence-electron chi connectivity index (χ3n) is 2.96. The van der Waals surface area contributed by atoms with Gasteiger partial charge in [-0.3, -0.25) is 0 Å². The molecule has 0 saturated carbocycles. The molecule has 18 heavy (non-hydrogen) atoms. The number of hydrogen-bond donors (Lipinski definition) is 1. The molecule has 0 aliphatic carbocycles. The molecule has 1 aliphatic heterocycles. The zero-order chi connectivity index (χ0) is 13.5. The van der Waals surface area contributed by atoms with Gasteiger partial charge < -0.3 is 5.32 Å². The minimum Gasteiger partial charge on any atom is -0.308 e. The lowest BCUT2D eigenvalue weighted by molar-refractivity contribution is 0.450. The van der Waals surface area contributed by atoms with Crippen molar-refractivity contribution in [2.45, 2.75) is 37.2 Å². The van der Waals surface area contributed by atoms with Crippen molar-refractivity contribution < 1.29 is 8.42 Å². The Bertz CT molecular complexity index is 570. The van der Waals surface area contributed by atoms with Crippen LogP contribution in [0.3, 0.4) is 0 Å². The van der Waals surface area contributed by atoms with Gasteiger partial charge in [-0.2, -0.15) is 0 Å². The summed E-state index contributed by atoms with van der Waals surface area (Å²) in [6.45, 7) is 4.03. The Morgan fingerprint density at radius 2 is 1.89 bits per heavy atom. The van der Waals surface area contributed by atoms with Crippen LogP contribution in [0.4, 0.5) is 0 Å². The quantitative estimate of drug-likeness (QED) is 0.912. The maximum absolute atomic E-state index is 12.1. The third-order valence-corrected chi connectivity index (χ3v) is 5.56. The molecular formula is C12H15Cl2NO2S. The van der Waals surface area contributed by atoms with Crippen LogP contribution in [-0.4, -0.2) is 20.2 Å². The van der Waals surface area contributed by atoms with E-state index in [2.05, 4.69) is 5.32 Å². The van der Waals surface area contributed by atoms with E-state index in [1.165, 1.54) is 6.07 Å². The molecule has 0 fully saturated rings. The van der Waals surface area contributed by atoms with Crippen LogP contribution in [0.2, 0.25) is 10.0 Å². The molecule has 1 aromatic carbocycles. The molecule has 1 heterocycles. The molecule has 1 atom stereocenters. The van der Waals surface area contributed by atoms with Crippen molar-refractivity contribution in [3.63, 3.8) is 0 Å². The van der Waals surface area contributed by atoms with E-state index < -0.39 is 9.84 Å². The van der Waals surface area contributed by atoms with Crippen LogP contribution in [0, 0.1) is 0 Å². The van der Waals surface area contributed by atoms with Gasteiger partial charge in [0, 0.05) is 22.7 Å². The number of halogens is 2. The average Bonchev–Trinajstić information content (AvgIpc) is 2.25. The minimum atomic E-state index is -3.32. The van der Waals surface area contributed by atoms with Crippen LogP contribution in [0.15, 0.2) is 17.0 Å². The molecule has 1 aliphatic rings. The molecule has 1 aromatic rings. The smallest absolute Gasteiger partial charge is 0.180 e. The van der Waals surface area contributed by atoms with Crippen molar-refractivity contribution in [1.29, 1.82) is 0 Å². The molecule has 1 N–H and O–H groups in total. The molecule has 6 heteroatoms. The van der Waals surface area contributed by atoms with E-state index in [0.717, 1.165) is 0 Å². The van der Waals surface area contributed by atoms with Gasteiger partial charge in [0.25, 0.3) is 0 Å². The zero-order valence-corrected chi connectivity index (χ0v) is 12.5. The highest BCUT2D eigenvalue weighted by Crippen LogP contribution is 2.40. The van der Waals surface area contributed by atoms with E-state index in [-0.39, 0.29) is 27.8 Å². The number of sulfone groups is 1. The molecule has 1 unspecified atom stereocenters. The van der Waals surface area contributed by atoms with Crippen LogP contribution in [0.1, 0.15) is 31.9 Å². The number of fused-ring (bicyclic) bond motifs is 1. The van der Waals surface area contributed by atoms with Gasteiger partial charge in [0.15, 0.2) is 9.84 Å². The van der Waals surface area contributed by atoms with E-state index >= 15 is 0 Å². The van der Waals surface area contributed by atoms with Crippen molar-refractivity contribution in [3.05, 3.63) is 27.7 Å². The first kappa shape index (κ1) is 14.1. The predicted molar refractivity (Wildman–Crippen MR) is 74.1 cm³/mol. The van der Waals surface area contributed by atoms with Crippen LogP contribution >= 0.6 is 23.2 Å². The standard InChI is InChI=1S/C12H15Cl2NO2S/c1-7(2)15-10-5-6-18(16,17)12-9(14)4-3-8(13)11(10)12/h3-4,7,10,15H,5-6H2,1-2H3. The molecule has 0 saturated heterocycles. The van der Waals surface area contributed by atoms with Crippen molar-refractivity contribution in [3.8, 4) is 0 Å². The maximum Gasteiger partial charge on any atom is 0.180 e. The molecule has 0 radical (unpaired) electrons. The highest BCUT2D eigenvalue weighted by molar-refractivity contribution is 7.91. The Labute approximate surface area is 117 Å². The molecule has 0 spiro atoms. The van der Waals surface area contributed by atoms with Crippen LogP contribution in [0.5, 0.6) is 0 Å². The van der Waals surface area contributed by atoms with Gasteiger partial charge in [0.1, 0.15) is 0 Å². The fraction of sp³-hybridized carbons (Fsp3) is 0.500. The van der Waals surface area contributed by atoms with Crippen molar-refractivity contribution >= 4 is 33.0 Å².